The van der Waals surface area contributed by atoms with Crippen LogP contribution in [0.5, 0.6) is 0 Å². The first-order valence-corrected chi connectivity index (χ1v) is 7.37. The van der Waals surface area contributed by atoms with Gasteiger partial charge < -0.3 is 0 Å². The van der Waals surface area contributed by atoms with Crippen LogP contribution in [0.1, 0.15) is 26.3 Å². The van der Waals surface area contributed by atoms with Crippen molar-refractivity contribution in [2.75, 3.05) is 0 Å². The molecule has 0 saturated heterocycles. The topological polar surface area (TPSA) is 12.9 Å². The number of fused-ring (bicyclic) bond motifs is 1. The first-order valence-electron chi connectivity index (χ1n) is 6.49. The zero-order chi connectivity index (χ0) is 13.5. The van der Waals surface area contributed by atoms with Gasteiger partial charge in [0.25, 0.3) is 0 Å². The van der Waals surface area contributed by atoms with E-state index in [-0.39, 0.29) is 5.41 Å². The van der Waals surface area contributed by atoms with E-state index < -0.39 is 0 Å². The minimum Gasteiger partial charge on any atom is -0.256 e. The molecule has 0 unspecified atom stereocenters. The van der Waals surface area contributed by atoms with E-state index in [1.807, 2.05) is 6.20 Å². The Morgan fingerprint density at radius 3 is 2.37 bits per heavy atom. The third kappa shape index (κ3) is 2.28. The summed E-state index contributed by atoms with van der Waals surface area (Å²) in [6.45, 7) is 6.71. The molecule has 0 aliphatic rings. The van der Waals surface area contributed by atoms with E-state index in [9.17, 15) is 0 Å². The second-order valence-electron chi connectivity index (χ2n) is 5.82. The molecular formula is C17H17NS. The second-order valence-corrected chi connectivity index (χ2v) is 6.77. The molecule has 0 atom stereocenters. The molecule has 2 heteroatoms. The summed E-state index contributed by atoms with van der Waals surface area (Å²) in [5, 5.41) is 3.37. The van der Waals surface area contributed by atoms with Crippen LogP contribution in [0.3, 0.4) is 0 Å². The van der Waals surface area contributed by atoms with Crippen molar-refractivity contribution in [1.82, 2.24) is 4.98 Å². The van der Waals surface area contributed by atoms with Crippen molar-refractivity contribution in [2.24, 2.45) is 0 Å². The molecule has 19 heavy (non-hydrogen) atoms. The molecule has 2 aromatic heterocycles. The van der Waals surface area contributed by atoms with Crippen molar-refractivity contribution < 1.29 is 0 Å². The fourth-order valence-corrected chi connectivity index (χ4v) is 3.03. The molecule has 0 N–H and O–H groups in total. The zero-order valence-electron chi connectivity index (χ0n) is 11.5. The van der Waals surface area contributed by atoms with Crippen LogP contribution in [0, 0.1) is 0 Å². The lowest BCUT2D eigenvalue weighted by molar-refractivity contribution is 0.590. The standard InChI is InChI=1S/C17H17NS/c1-17(2,3)13-6-4-12(5-7-13)16-14-9-11-19-15(14)8-10-18-16/h4-11H,1-3H3. The Kier molecular flexibility index (Phi) is 2.90. The first kappa shape index (κ1) is 12.4. The SMILES string of the molecule is CC(C)(C)c1ccc(-c2nccc3sccc23)cc1. The molecule has 0 aliphatic heterocycles. The lowest BCUT2D eigenvalue weighted by atomic mass is 9.86. The minimum absolute atomic E-state index is 0.195. The van der Waals surface area contributed by atoms with Crippen molar-refractivity contribution in [3.63, 3.8) is 0 Å². The average molecular weight is 267 g/mol. The summed E-state index contributed by atoms with van der Waals surface area (Å²) < 4.78 is 1.30. The summed E-state index contributed by atoms with van der Waals surface area (Å²) in [6, 6.07) is 13.0. The molecule has 0 fully saturated rings. The van der Waals surface area contributed by atoms with Crippen LogP contribution < -0.4 is 0 Å². The Labute approximate surface area is 117 Å². The normalized spacial score (nSPS) is 11.9. The molecule has 3 rings (SSSR count). The van der Waals surface area contributed by atoms with E-state index in [1.165, 1.54) is 21.2 Å². The van der Waals surface area contributed by atoms with Crippen LogP contribution in [0.25, 0.3) is 21.3 Å². The van der Waals surface area contributed by atoms with Crippen molar-refractivity contribution in [2.45, 2.75) is 26.2 Å². The zero-order valence-corrected chi connectivity index (χ0v) is 12.3. The van der Waals surface area contributed by atoms with Crippen LogP contribution in [0.2, 0.25) is 0 Å². The predicted molar refractivity (Wildman–Crippen MR) is 83.8 cm³/mol. The van der Waals surface area contributed by atoms with Crippen molar-refractivity contribution in [3.05, 3.63) is 53.5 Å². The maximum absolute atomic E-state index is 4.55. The number of hydrogen-bond acceptors (Lipinski definition) is 2. The van der Waals surface area contributed by atoms with Gasteiger partial charge in [-0.05, 0) is 28.5 Å². The largest absolute Gasteiger partial charge is 0.256 e. The summed E-state index contributed by atoms with van der Waals surface area (Å²) in [5.74, 6) is 0. The molecule has 96 valence electrons. The molecule has 0 bridgehead atoms. The molecule has 1 nitrogen and oxygen atoms in total. The third-order valence-corrected chi connectivity index (χ3v) is 4.29. The lowest BCUT2D eigenvalue weighted by Crippen LogP contribution is -2.10. The fraction of sp³-hybridized carbons (Fsp3) is 0.235. The van der Waals surface area contributed by atoms with E-state index in [4.69, 9.17) is 0 Å². The molecule has 0 saturated carbocycles. The average Bonchev–Trinajstić information content (AvgIpc) is 2.86. The Hall–Kier alpha value is -1.67. The van der Waals surface area contributed by atoms with Gasteiger partial charge in [0.2, 0.25) is 0 Å². The Balaban J connectivity index is 2.10. The van der Waals surface area contributed by atoms with Gasteiger partial charge >= 0.3 is 0 Å². The number of aromatic nitrogens is 1. The molecule has 0 amide bonds. The van der Waals surface area contributed by atoms with Gasteiger partial charge in [-0.2, -0.15) is 0 Å². The summed E-state index contributed by atoms with van der Waals surface area (Å²) in [5.41, 5.74) is 3.82. The van der Waals surface area contributed by atoms with E-state index in [1.54, 1.807) is 11.3 Å². The molecule has 3 aromatic rings. The molecule has 2 heterocycles. The van der Waals surface area contributed by atoms with Crippen LogP contribution in [-0.2, 0) is 5.41 Å². The van der Waals surface area contributed by atoms with Gasteiger partial charge in [-0.3, -0.25) is 4.98 Å². The van der Waals surface area contributed by atoms with Gasteiger partial charge in [0.15, 0.2) is 0 Å². The van der Waals surface area contributed by atoms with Gasteiger partial charge in [-0.1, -0.05) is 45.0 Å². The highest BCUT2D eigenvalue weighted by molar-refractivity contribution is 7.17. The molecular weight excluding hydrogens is 250 g/mol. The van der Waals surface area contributed by atoms with Crippen LogP contribution >= 0.6 is 11.3 Å². The summed E-state index contributed by atoms with van der Waals surface area (Å²) in [6.07, 6.45) is 1.89. The van der Waals surface area contributed by atoms with Crippen molar-refractivity contribution in [1.29, 1.82) is 0 Å². The Bertz CT molecular complexity index is 702. The number of hydrogen-bond donors (Lipinski definition) is 0. The minimum atomic E-state index is 0.195. The maximum Gasteiger partial charge on any atom is 0.0788 e. The van der Waals surface area contributed by atoms with E-state index in [0.29, 0.717) is 0 Å². The molecule has 0 spiro atoms. The lowest BCUT2D eigenvalue weighted by Gasteiger charge is -2.19. The summed E-state index contributed by atoms with van der Waals surface area (Å²) in [4.78, 5) is 4.55. The van der Waals surface area contributed by atoms with Gasteiger partial charge in [0, 0.05) is 21.8 Å². The van der Waals surface area contributed by atoms with Gasteiger partial charge in [0.1, 0.15) is 0 Å². The first-order chi connectivity index (χ1) is 9.05. The quantitative estimate of drug-likeness (QED) is 0.586. The smallest absolute Gasteiger partial charge is 0.0788 e. The second kappa shape index (κ2) is 4.46. The molecule has 0 radical (unpaired) electrons. The van der Waals surface area contributed by atoms with Crippen LogP contribution in [0.15, 0.2) is 48.0 Å². The highest BCUT2D eigenvalue weighted by atomic mass is 32.1. The highest BCUT2D eigenvalue weighted by Gasteiger charge is 2.13. The predicted octanol–water partition coefficient (Wildman–Crippen LogP) is 5.26. The van der Waals surface area contributed by atoms with Crippen LogP contribution in [-0.4, -0.2) is 4.98 Å². The molecule has 0 aliphatic carbocycles. The third-order valence-electron chi connectivity index (χ3n) is 3.40. The van der Waals surface area contributed by atoms with Crippen molar-refractivity contribution in [3.8, 4) is 11.3 Å². The Morgan fingerprint density at radius 2 is 1.68 bits per heavy atom. The number of nitrogens with zero attached hydrogens (tertiary/aromatic N) is 1. The fourth-order valence-electron chi connectivity index (χ4n) is 2.25. The van der Waals surface area contributed by atoms with Crippen LogP contribution in [0.4, 0.5) is 0 Å². The van der Waals surface area contributed by atoms with Gasteiger partial charge in [-0.25, -0.2) is 0 Å². The van der Waals surface area contributed by atoms with Crippen molar-refractivity contribution >= 4 is 21.4 Å². The van der Waals surface area contributed by atoms with Gasteiger partial charge in [0.05, 0.1) is 5.69 Å². The number of rotatable bonds is 1. The highest BCUT2D eigenvalue weighted by Crippen LogP contribution is 2.31. The maximum atomic E-state index is 4.55. The monoisotopic (exact) mass is 267 g/mol. The van der Waals surface area contributed by atoms with E-state index in [2.05, 4.69) is 67.5 Å². The van der Waals surface area contributed by atoms with E-state index >= 15 is 0 Å². The summed E-state index contributed by atoms with van der Waals surface area (Å²) >= 11 is 1.76. The molecule has 1 aromatic carbocycles. The number of benzene rings is 1. The Morgan fingerprint density at radius 1 is 0.947 bits per heavy atom. The number of thiophene rings is 1. The van der Waals surface area contributed by atoms with Gasteiger partial charge in [-0.15, -0.1) is 11.3 Å². The number of pyridine rings is 1. The van der Waals surface area contributed by atoms with E-state index in [0.717, 1.165) is 5.69 Å². The summed E-state index contributed by atoms with van der Waals surface area (Å²) in [7, 11) is 0.